The summed E-state index contributed by atoms with van der Waals surface area (Å²) in [5.41, 5.74) is 3.28. The van der Waals surface area contributed by atoms with Crippen LogP contribution in [0.5, 0.6) is 0 Å². The van der Waals surface area contributed by atoms with Crippen molar-refractivity contribution < 1.29 is 9.72 Å². The number of aryl methyl sites for hydroxylation is 2. The second-order valence-electron chi connectivity index (χ2n) is 6.13. The molecular weight excluding hydrogens is 348 g/mol. The van der Waals surface area contributed by atoms with E-state index in [-0.39, 0.29) is 11.6 Å². The fourth-order valence-electron chi connectivity index (χ4n) is 2.65. The number of benzene rings is 1. The van der Waals surface area contributed by atoms with E-state index >= 15 is 0 Å². The van der Waals surface area contributed by atoms with Gasteiger partial charge in [-0.3, -0.25) is 24.3 Å². The van der Waals surface area contributed by atoms with Gasteiger partial charge in [-0.05, 0) is 31.5 Å². The molecule has 9 nitrogen and oxygen atoms in total. The molecule has 0 aliphatic rings. The van der Waals surface area contributed by atoms with Gasteiger partial charge in [-0.15, -0.1) is 0 Å². The van der Waals surface area contributed by atoms with Gasteiger partial charge in [0.25, 0.3) is 5.91 Å². The number of carbonyl (C=O) groups excluding carboxylic acids is 1. The van der Waals surface area contributed by atoms with Gasteiger partial charge >= 0.3 is 5.69 Å². The van der Waals surface area contributed by atoms with Gasteiger partial charge < -0.3 is 5.32 Å². The summed E-state index contributed by atoms with van der Waals surface area (Å²) < 4.78 is 3.33. The van der Waals surface area contributed by atoms with Crippen LogP contribution in [0.3, 0.4) is 0 Å². The zero-order valence-corrected chi connectivity index (χ0v) is 15.1. The summed E-state index contributed by atoms with van der Waals surface area (Å²) in [4.78, 5) is 22.5. The molecule has 0 spiro atoms. The van der Waals surface area contributed by atoms with Gasteiger partial charge in [0.05, 0.1) is 17.2 Å². The van der Waals surface area contributed by atoms with E-state index in [4.69, 9.17) is 0 Å². The first-order chi connectivity index (χ1) is 13.0. The molecule has 0 atom stereocenters. The van der Waals surface area contributed by atoms with Gasteiger partial charge in [-0.1, -0.05) is 12.1 Å². The second-order valence-corrected chi connectivity index (χ2v) is 6.13. The highest BCUT2D eigenvalue weighted by Gasteiger charge is 2.11. The normalized spacial score (nSPS) is 10.7. The summed E-state index contributed by atoms with van der Waals surface area (Å²) >= 11 is 0. The molecule has 9 heteroatoms. The molecule has 0 aliphatic carbocycles. The molecule has 1 N–H and O–H groups in total. The van der Waals surface area contributed by atoms with E-state index < -0.39 is 4.92 Å². The van der Waals surface area contributed by atoms with Crippen molar-refractivity contribution in [2.24, 2.45) is 0 Å². The molecule has 0 unspecified atom stereocenters. The van der Waals surface area contributed by atoms with E-state index in [9.17, 15) is 14.9 Å². The van der Waals surface area contributed by atoms with Crippen molar-refractivity contribution in [3.8, 4) is 0 Å². The Hall–Kier alpha value is -3.49. The molecule has 2 aromatic heterocycles. The molecule has 3 aromatic rings. The number of nitrogens with one attached hydrogen (secondary N) is 1. The predicted molar refractivity (Wildman–Crippen MR) is 98.2 cm³/mol. The summed E-state index contributed by atoms with van der Waals surface area (Å²) in [5.74, 6) is -0.167. The molecule has 0 radical (unpaired) electrons. The highest BCUT2D eigenvalue weighted by Crippen LogP contribution is 2.11. The smallest absolute Gasteiger partial charge is 0.307 e. The van der Waals surface area contributed by atoms with Crippen LogP contribution >= 0.6 is 0 Å². The molecule has 1 aromatic carbocycles. The van der Waals surface area contributed by atoms with Gasteiger partial charge in [0, 0.05) is 30.4 Å². The lowest BCUT2D eigenvalue weighted by Gasteiger charge is -2.06. The van der Waals surface area contributed by atoms with Crippen molar-refractivity contribution in [2.45, 2.75) is 33.5 Å². The average Bonchev–Trinajstić information content (AvgIpc) is 3.27. The fraction of sp³-hybridized carbons (Fsp3) is 0.278. The first kappa shape index (κ1) is 18.3. The molecule has 0 saturated carbocycles. The molecule has 1 amide bonds. The minimum atomic E-state index is -0.483. The third-order valence-electron chi connectivity index (χ3n) is 4.20. The van der Waals surface area contributed by atoms with E-state index in [1.54, 1.807) is 12.1 Å². The Morgan fingerprint density at radius 3 is 2.56 bits per heavy atom. The molecule has 27 heavy (non-hydrogen) atoms. The lowest BCUT2D eigenvalue weighted by Crippen LogP contribution is -2.22. The van der Waals surface area contributed by atoms with Crippen molar-refractivity contribution >= 4 is 11.6 Å². The quantitative estimate of drug-likeness (QED) is 0.508. The summed E-state index contributed by atoms with van der Waals surface area (Å²) in [6, 6.07) is 7.07. The van der Waals surface area contributed by atoms with Crippen LogP contribution in [0.25, 0.3) is 0 Å². The topological polar surface area (TPSA) is 108 Å². The van der Waals surface area contributed by atoms with Crippen molar-refractivity contribution in [3.63, 3.8) is 0 Å². The van der Waals surface area contributed by atoms with E-state index in [0.29, 0.717) is 18.7 Å². The molecule has 0 fully saturated rings. The van der Waals surface area contributed by atoms with Crippen LogP contribution in [-0.2, 0) is 19.6 Å². The minimum Gasteiger partial charge on any atom is -0.348 e. The number of rotatable bonds is 7. The SMILES string of the molecule is CCn1cc(CNC(=O)c2ccc(Cn3cc([N+](=O)[O-])cn3)cc2)c(C)n1. The van der Waals surface area contributed by atoms with Crippen LogP contribution in [0.4, 0.5) is 5.69 Å². The van der Waals surface area contributed by atoms with Crippen LogP contribution in [0.1, 0.15) is 34.1 Å². The Balaban J connectivity index is 1.59. The Morgan fingerprint density at radius 1 is 1.22 bits per heavy atom. The van der Waals surface area contributed by atoms with E-state index in [1.807, 2.05) is 36.9 Å². The highest BCUT2D eigenvalue weighted by molar-refractivity contribution is 5.94. The lowest BCUT2D eigenvalue weighted by molar-refractivity contribution is -0.385. The first-order valence-electron chi connectivity index (χ1n) is 8.53. The lowest BCUT2D eigenvalue weighted by atomic mass is 10.1. The van der Waals surface area contributed by atoms with E-state index in [0.717, 1.165) is 23.4 Å². The predicted octanol–water partition coefficient (Wildman–Crippen LogP) is 2.29. The summed E-state index contributed by atoms with van der Waals surface area (Å²) in [6.07, 6.45) is 4.52. The maximum Gasteiger partial charge on any atom is 0.307 e. The number of nitrogens with zero attached hydrogens (tertiary/aromatic N) is 5. The van der Waals surface area contributed by atoms with Crippen LogP contribution in [0.15, 0.2) is 42.9 Å². The molecule has 0 aliphatic heterocycles. The van der Waals surface area contributed by atoms with Crippen LogP contribution in [0.2, 0.25) is 0 Å². The monoisotopic (exact) mass is 368 g/mol. The van der Waals surface area contributed by atoms with Crippen LogP contribution in [-0.4, -0.2) is 30.4 Å². The second kappa shape index (κ2) is 7.81. The Kier molecular flexibility index (Phi) is 5.30. The zero-order valence-electron chi connectivity index (χ0n) is 15.1. The summed E-state index contributed by atoms with van der Waals surface area (Å²) in [5, 5.41) is 21.9. The number of aromatic nitrogens is 4. The molecule has 0 bridgehead atoms. The molecule has 3 rings (SSSR count). The maximum absolute atomic E-state index is 12.3. The molecule has 140 valence electrons. The van der Waals surface area contributed by atoms with Crippen molar-refractivity contribution in [1.82, 2.24) is 24.9 Å². The number of hydrogen-bond acceptors (Lipinski definition) is 5. The third kappa shape index (κ3) is 4.38. The average molecular weight is 368 g/mol. The first-order valence-corrected chi connectivity index (χ1v) is 8.53. The van der Waals surface area contributed by atoms with Crippen LogP contribution < -0.4 is 5.32 Å². The van der Waals surface area contributed by atoms with Gasteiger partial charge in [0.1, 0.15) is 12.4 Å². The summed E-state index contributed by atoms with van der Waals surface area (Å²) in [6.45, 7) is 5.53. The van der Waals surface area contributed by atoms with Crippen LogP contribution in [0, 0.1) is 17.0 Å². The van der Waals surface area contributed by atoms with Gasteiger partial charge in [0.2, 0.25) is 0 Å². The third-order valence-corrected chi connectivity index (χ3v) is 4.20. The number of nitro groups is 1. The van der Waals surface area contributed by atoms with E-state index in [1.165, 1.54) is 17.1 Å². The van der Waals surface area contributed by atoms with Gasteiger partial charge in [0.15, 0.2) is 0 Å². The number of hydrogen-bond donors (Lipinski definition) is 1. The van der Waals surface area contributed by atoms with Crippen molar-refractivity contribution in [1.29, 1.82) is 0 Å². The Morgan fingerprint density at radius 2 is 1.96 bits per heavy atom. The largest absolute Gasteiger partial charge is 0.348 e. The number of amides is 1. The highest BCUT2D eigenvalue weighted by atomic mass is 16.6. The molecular formula is C18H20N6O3. The van der Waals surface area contributed by atoms with Crippen molar-refractivity contribution in [2.75, 3.05) is 0 Å². The Bertz CT molecular complexity index is 958. The van der Waals surface area contributed by atoms with E-state index in [2.05, 4.69) is 15.5 Å². The number of carbonyl (C=O) groups is 1. The Labute approximate surface area is 155 Å². The standard InChI is InChI=1S/C18H20N6O3/c1-3-22-11-16(13(2)21-22)8-19-18(25)15-6-4-14(5-7-15)10-23-12-17(9-20-23)24(26)27/h4-7,9,11-12H,3,8,10H2,1-2H3,(H,19,25). The fourth-order valence-corrected chi connectivity index (χ4v) is 2.65. The van der Waals surface area contributed by atoms with Crippen molar-refractivity contribution in [3.05, 3.63) is 75.4 Å². The summed E-state index contributed by atoms with van der Waals surface area (Å²) in [7, 11) is 0. The molecule has 2 heterocycles. The zero-order chi connectivity index (χ0) is 19.4. The minimum absolute atomic E-state index is 0.0484. The van der Waals surface area contributed by atoms with Gasteiger partial charge in [-0.25, -0.2) is 0 Å². The maximum atomic E-state index is 12.3. The molecule has 0 saturated heterocycles. The van der Waals surface area contributed by atoms with Gasteiger partial charge in [-0.2, -0.15) is 10.2 Å².